The molecule has 1 aliphatic rings. The lowest BCUT2D eigenvalue weighted by atomic mass is 10.0. The summed E-state index contributed by atoms with van der Waals surface area (Å²) in [5, 5.41) is 0. The quantitative estimate of drug-likeness (QED) is 0.695. The van der Waals surface area contributed by atoms with Crippen LogP contribution >= 0.6 is 0 Å². The first-order chi connectivity index (χ1) is 7.84. The number of hydrogen-bond donors (Lipinski definition) is 0. The van der Waals surface area contributed by atoms with Crippen molar-refractivity contribution in [2.24, 2.45) is 0 Å². The van der Waals surface area contributed by atoms with E-state index in [1.165, 1.54) is 17.7 Å². The molecule has 0 bridgehead atoms. The van der Waals surface area contributed by atoms with Gasteiger partial charge >= 0.3 is 0 Å². The molecule has 1 aliphatic heterocycles. The van der Waals surface area contributed by atoms with E-state index in [4.69, 9.17) is 4.74 Å². The van der Waals surface area contributed by atoms with E-state index in [2.05, 4.69) is 0 Å². The zero-order valence-electron chi connectivity index (χ0n) is 8.64. The summed E-state index contributed by atoms with van der Waals surface area (Å²) < 4.78 is 18.4. The average Bonchev–Trinajstić information content (AvgIpc) is 3.11. The highest BCUT2D eigenvalue weighted by molar-refractivity contribution is 5.30. The van der Waals surface area contributed by atoms with E-state index in [0.29, 0.717) is 0 Å². The van der Waals surface area contributed by atoms with Crippen molar-refractivity contribution in [2.75, 3.05) is 0 Å². The molecule has 0 unspecified atom stereocenters. The van der Waals surface area contributed by atoms with Crippen molar-refractivity contribution in [3.05, 3.63) is 71.5 Å². The van der Waals surface area contributed by atoms with Gasteiger partial charge in [-0.2, -0.15) is 0 Å². The molecule has 0 N–H and O–H groups in total. The molecule has 0 amide bonds. The van der Waals surface area contributed by atoms with Crippen molar-refractivity contribution in [2.45, 2.75) is 12.2 Å². The predicted molar refractivity (Wildman–Crippen MR) is 59.4 cm³/mol. The first-order valence-corrected chi connectivity index (χ1v) is 5.30. The van der Waals surface area contributed by atoms with Gasteiger partial charge in [0.1, 0.15) is 18.0 Å². The van der Waals surface area contributed by atoms with Gasteiger partial charge in [0.05, 0.1) is 0 Å². The van der Waals surface area contributed by atoms with Gasteiger partial charge < -0.3 is 4.74 Å². The number of epoxide rings is 1. The van der Waals surface area contributed by atoms with E-state index >= 15 is 0 Å². The van der Waals surface area contributed by atoms with E-state index in [0.717, 1.165) is 5.56 Å². The Morgan fingerprint density at radius 2 is 1.31 bits per heavy atom. The van der Waals surface area contributed by atoms with E-state index in [1.54, 1.807) is 12.1 Å². The molecule has 0 aliphatic carbocycles. The summed E-state index contributed by atoms with van der Waals surface area (Å²) in [6.45, 7) is 0. The van der Waals surface area contributed by atoms with Crippen molar-refractivity contribution >= 4 is 0 Å². The fourth-order valence-electron chi connectivity index (χ4n) is 1.91. The summed E-state index contributed by atoms with van der Waals surface area (Å²) >= 11 is 0. The fourth-order valence-corrected chi connectivity index (χ4v) is 1.91. The van der Waals surface area contributed by atoms with E-state index in [9.17, 15) is 4.39 Å². The number of halogens is 1. The van der Waals surface area contributed by atoms with Gasteiger partial charge in [-0.15, -0.1) is 0 Å². The Morgan fingerprint density at radius 3 is 1.94 bits per heavy atom. The molecule has 1 heterocycles. The van der Waals surface area contributed by atoms with Crippen LogP contribution in [-0.4, -0.2) is 0 Å². The average molecular weight is 214 g/mol. The molecule has 1 nitrogen and oxygen atoms in total. The molecule has 80 valence electrons. The van der Waals surface area contributed by atoms with Gasteiger partial charge in [-0.05, 0) is 23.3 Å². The largest absolute Gasteiger partial charge is 0.359 e. The standard InChI is InChI=1S/C14H11FO/c15-12-8-6-11(7-9-12)14-13(16-14)10-4-2-1-3-5-10/h1-9,13-14H/t13-,14+/m1/s1. The van der Waals surface area contributed by atoms with Crippen LogP contribution in [-0.2, 0) is 4.74 Å². The topological polar surface area (TPSA) is 12.5 Å². The summed E-state index contributed by atoms with van der Waals surface area (Å²) in [7, 11) is 0. The van der Waals surface area contributed by atoms with Gasteiger partial charge in [0.25, 0.3) is 0 Å². The number of ether oxygens (including phenoxy) is 1. The second kappa shape index (κ2) is 3.72. The Kier molecular flexibility index (Phi) is 2.22. The minimum Gasteiger partial charge on any atom is -0.359 e. The Balaban J connectivity index is 1.79. The van der Waals surface area contributed by atoms with Crippen LogP contribution in [0.2, 0.25) is 0 Å². The van der Waals surface area contributed by atoms with Crippen LogP contribution in [0, 0.1) is 5.82 Å². The van der Waals surface area contributed by atoms with Crippen molar-refractivity contribution in [3.8, 4) is 0 Å². The third kappa shape index (κ3) is 1.72. The van der Waals surface area contributed by atoms with Gasteiger partial charge in [0.15, 0.2) is 0 Å². The summed E-state index contributed by atoms with van der Waals surface area (Å²) in [5.41, 5.74) is 2.21. The summed E-state index contributed by atoms with van der Waals surface area (Å²) in [6.07, 6.45) is 0.217. The molecule has 2 atom stereocenters. The molecule has 0 radical (unpaired) electrons. The van der Waals surface area contributed by atoms with E-state index in [-0.39, 0.29) is 18.0 Å². The van der Waals surface area contributed by atoms with E-state index < -0.39 is 0 Å². The normalized spacial score (nSPS) is 23.1. The highest BCUT2D eigenvalue weighted by Gasteiger charge is 2.41. The highest BCUT2D eigenvalue weighted by Crippen LogP contribution is 2.50. The lowest BCUT2D eigenvalue weighted by Gasteiger charge is -1.96. The Hall–Kier alpha value is -1.67. The highest BCUT2D eigenvalue weighted by atomic mass is 19.1. The molecule has 2 aromatic rings. The smallest absolute Gasteiger partial charge is 0.123 e. The summed E-state index contributed by atoms with van der Waals surface area (Å²) in [4.78, 5) is 0. The van der Waals surface area contributed by atoms with Crippen molar-refractivity contribution in [1.29, 1.82) is 0 Å². The van der Waals surface area contributed by atoms with Crippen molar-refractivity contribution in [3.63, 3.8) is 0 Å². The van der Waals surface area contributed by atoms with Crippen molar-refractivity contribution < 1.29 is 9.13 Å². The zero-order chi connectivity index (χ0) is 11.0. The molecule has 2 aromatic carbocycles. The summed E-state index contributed by atoms with van der Waals surface area (Å²) in [6, 6.07) is 16.6. The SMILES string of the molecule is Fc1ccc([C@@H]2O[C@@H]2c2ccccc2)cc1. The maximum Gasteiger partial charge on any atom is 0.123 e. The summed E-state index contributed by atoms with van der Waals surface area (Å²) in [5.74, 6) is -0.208. The van der Waals surface area contributed by atoms with Crippen LogP contribution in [0.15, 0.2) is 54.6 Å². The maximum absolute atomic E-state index is 12.7. The maximum atomic E-state index is 12.7. The molecular weight excluding hydrogens is 203 g/mol. The second-order valence-corrected chi connectivity index (χ2v) is 3.94. The first-order valence-electron chi connectivity index (χ1n) is 5.30. The lowest BCUT2D eigenvalue weighted by molar-refractivity contribution is 0.377. The van der Waals surface area contributed by atoms with Gasteiger partial charge in [0, 0.05) is 0 Å². The van der Waals surface area contributed by atoms with Crippen LogP contribution in [0.1, 0.15) is 23.3 Å². The lowest BCUT2D eigenvalue weighted by Crippen LogP contribution is -1.84. The number of benzene rings is 2. The minimum absolute atomic E-state index is 0.0861. The molecule has 0 saturated carbocycles. The van der Waals surface area contributed by atoms with E-state index in [1.807, 2.05) is 30.3 Å². The molecule has 1 saturated heterocycles. The Bertz CT molecular complexity index is 478. The molecule has 0 aromatic heterocycles. The third-order valence-corrected chi connectivity index (χ3v) is 2.82. The third-order valence-electron chi connectivity index (χ3n) is 2.82. The van der Waals surface area contributed by atoms with Crippen molar-refractivity contribution in [1.82, 2.24) is 0 Å². The molecule has 3 rings (SSSR count). The van der Waals surface area contributed by atoms with Crippen LogP contribution in [0.3, 0.4) is 0 Å². The molecule has 16 heavy (non-hydrogen) atoms. The van der Waals surface area contributed by atoms with Gasteiger partial charge in [-0.25, -0.2) is 4.39 Å². The van der Waals surface area contributed by atoms with Crippen LogP contribution in [0.5, 0.6) is 0 Å². The zero-order valence-corrected chi connectivity index (χ0v) is 8.64. The predicted octanol–water partition coefficient (Wildman–Crippen LogP) is 3.64. The van der Waals surface area contributed by atoms with Crippen LogP contribution in [0.25, 0.3) is 0 Å². The molecule has 1 fully saturated rings. The van der Waals surface area contributed by atoms with Gasteiger partial charge in [-0.3, -0.25) is 0 Å². The monoisotopic (exact) mass is 214 g/mol. The Morgan fingerprint density at radius 1 is 0.750 bits per heavy atom. The van der Waals surface area contributed by atoms with Crippen LogP contribution < -0.4 is 0 Å². The fraction of sp³-hybridized carbons (Fsp3) is 0.143. The number of hydrogen-bond acceptors (Lipinski definition) is 1. The van der Waals surface area contributed by atoms with Gasteiger partial charge in [-0.1, -0.05) is 42.5 Å². The Labute approximate surface area is 93.5 Å². The number of rotatable bonds is 2. The molecule has 0 spiro atoms. The second-order valence-electron chi connectivity index (χ2n) is 3.94. The van der Waals surface area contributed by atoms with Crippen LogP contribution in [0.4, 0.5) is 4.39 Å². The minimum atomic E-state index is -0.208. The first kappa shape index (κ1) is 9.55. The molecule has 2 heteroatoms. The van der Waals surface area contributed by atoms with Gasteiger partial charge in [0.2, 0.25) is 0 Å². The molecular formula is C14H11FO.